The molecule has 28 heavy (non-hydrogen) atoms. The summed E-state index contributed by atoms with van der Waals surface area (Å²) in [6, 6.07) is 18.6. The van der Waals surface area contributed by atoms with Gasteiger partial charge in [0, 0.05) is 18.4 Å². The van der Waals surface area contributed by atoms with Crippen LogP contribution in [-0.2, 0) is 16.0 Å². The van der Waals surface area contributed by atoms with Crippen LogP contribution in [0.3, 0.4) is 0 Å². The first-order valence-corrected chi connectivity index (χ1v) is 10.0. The largest absolute Gasteiger partial charge is 0.344 e. The van der Waals surface area contributed by atoms with Gasteiger partial charge in [0.1, 0.15) is 11.0 Å². The number of benzene rings is 2. The van der Waals surface area contributed by atoms with Crippen molar-refractivity contribution in [3.05, 3.63) is 66.2 Å². The smallest absolute Gasteiger partial charge is 0.249 e. The van der Waals surface area contributed by atoms with Crippen LogP contribution in [0.2, 0.25) is 0 Å². The molecule has 6 nitrogen and oxygen atoms in total. The summed E-state index contributed by atoms with van der Waals surface area (Å²) >= 11 is 1.30. The van der Waals surface area contributed by atoms with Crippen molar-refractivity contribution in [2.24, 2.45) is 0 Å². The number of nitrogens with zero attached hydrogens (tertiary/aromatic N) is 2. The zero-order chi connectivity index (χ0) is 19.8. The molecule has 3 aromatic rings. The summed E-state index contributed by atoms with van der Waals surface area (Å²) in [6.07, 6.45) is 1.52. The Balaban J connectivity index is 1.71. The summed E-state index contributed by atoms with van der Waals surface area (Å²) in [4.78, 5) is 24.9. The van der Waals surface area contributed by atoms with Crippen LogP contribution in [-0.4, -0.2) is 28.1 Å². The van der Waals surface area contributed by atoms with Crippen LogP contribution in [0, 0.1) is 0 Å². The fourth-order valence-electron chi connectivity index (χ4n) is 2.72. The van der Waals surface area contributed by atoms with Gasteiger partial charge in [-0.15, -0.1) is 10.2 Å². The van der Waals surface area contributed by atoms with Gasteiger partial charge in [-0.2, -0.15) is 0 Å². The summed E-state index contributed by atoms with van der Waals surface area (Å²) in [5.41, 5.74) is 1.92. The lowest BCUT2D eigenvalue weighted by atomic mass is 10.1. The minimum Gasteiger partial charge on any atom is -0.344 e. The molecule has 0 saturated heterocycles. The van der Waals surface area contributed by atoms with Crippen molar-refractivity contribution in [1.29, 1.82) is 0 Å². The molecule has 1 atom stereocenters. The lowest BCUT2D eigenvalue weighted by Gasteiger charge is -2.17. The summed E-state index contributed by atoms with van der Waals surface area (Å²) < 4.78 is 0. The van der Waals surface area contributed by atoms with E-state index in [2.05, 4.69) is 20.8 Å². The van der Waals surface area contributed by atoms with Crippen molar-refractivity contribution in [2.45, 2.75) is 32.2 Å². The van der Waals surface area contributed by atoms with E-state index in [-0.39, 0.29) is 11.8 Å². The fraction of sp³-hybridized carbons (Fsp3) is 0.238. The third kappa shape index (κ3) is 5.47. The first-order chi connectivity index (χ1) is 13.7. The standard InChI is InChI=1S/C21H22N4O2S/c1-2-9-18(26)22-17(14-15-10-5-3-6-11-15)19(27)23-21-25-24-20(28-21)16-12-7-4-8-13-16/h3-8,10-13,17H,2,9,14H2,1H3,(H,22,26)(H,23,25,27). The number of carbonyl (C=O) groups excluding carboxylic acids is 2. The highest BCUT2D eigenvalue weighted by Crippen LogP contribution is 2.26. The van der Waals surface area contributed by atoms with Gasteiger partial charge in [-0.25, -0.2) is 0 Å². The summed E-state index contributed by atoms with van der Waals surface area (Å²) in [6.45, 7) is 1.93. The molecular formula is C21H22N4O2S. The Morgan fingerprint density at radius 1 is 1.00 bits per heavy atom. The Labute approximate surface area is 168 Å². The quantitative estimate of drug-likeness (QED) is 0.611. The van der Waals surface area contributed by atoms with Crippen LogP contribution in [0.5, 0.6) is 0 Å². The maximum absolute atomic E-state index is 12.8. The summed E-state index contributed by atoms with van der Waals surface area (Å²) in [7, 11) is 0. The number of aromatic nitrogens is 2. The van der Waals surface area contributed by atoms with Crippen LogP contribution in [0.25, 0.3) is 10.6 Å². The molecule has 1 unspecified atom stereocenters. The van der Waals surface area contributed by atoms with Crippen molar-refractivity contribution in [3.8, 4) is 10.6 Å². The SMILES string of the molecule is CCCC(=O)NC(Cc1ccccc1)C(=O)Nc1nnc(-c2ccccc2)s1. The maximum atomic E-state index is 12.8. The number of anilines is 1. The predicted octanol–water partition coefficient (Wildman–Crippen LogP) is 3.67. The van der Waals surface area contributed by atoms with Crippen LogP contribution in [0.4, 0.5) is 5.13 Å². The highest BCUT2D eigenvalue weighted by molar-refractivity contribution is 7.18. The van der Waals surface area contributed by atoms with E-state index >= 15 is 0 Å². The predicted molar refractivity (Wildman–Crippen MR) is 111 cm³/mol. The first kappa shape index (κ1) is 19.7. The van der Waals surface area contributed by atoms with Gasteiger partial charge in [0.15, 0.2) is 0 Å². The van der Waals surface area contributed by atoms with Crippen molar-refractivity contribution in [1.82, 2.24) is 15.5 Å². The highest BCUT2D eigenvalue weighted by Gasteiger charge is 2.22. The third-order valence-corrected chi connectivity index (χ3v) is 4.98. The highest BCUT2D eigenvalue weighted by atomic mass is 32.1. The van der Waals surface area contributed by atoms with Gasteiger partial charge in [0.2, 0.25) is 16.9 Å². The van der Waals surface area contributed by atoms with Gasteiger partial charge >= 0.3 is 0 Å². The Bertz CT molecular complexity index is 912. The van der Waals surface area contributed by atoms with Crippen molar-refractivity contribution in [2.75, 3.05) is 5.32 Å². The van der Waals surface area contributed by atoms with Crippen LogP contribution in [0.15, 0.2) is 60.7 Å². The molecule has 0 bridgehead atoms. The molecule has 1 aromatic heterocycles. The van der Waals surface area contributed by atoms with Gasteiger partial charge in [0.25, 0.3) is 0 Å². The molecule has 0 saturated carbocycles. The fourth-order valence-corrected chi connectivity index (χ4v) is 3.47. The number of rotatable bonds is 8. The lowest BCUT2D eigenvalue weighted by Crippen LogP contribution is -2.45. The average molecular weight is 395 g/mol. The molecule has 2 aromatic carbocycles. The molecule has 0 aliphatic rings. The van der Waals surface area contributed by atoms with Crippen molar-refractivity contribution >= 4 is 28.3 Å². The molecule has 0 aliphatic carbocycles. The number of carbonyl (C=O) groups is 2. The lowest BCUT2D eigenvalue weighted by molar-refractivity contribution is -0.126. The molecule has 2 N–H and O–H groups in total. The summed E-state index contributed by atoms with van der Waals surface area (Å²) in [5.74, 6) is -0.440. The topological polar surface area (TPSA) is 84.0 Å². The number of hydrogen-bond acceptors (Lipinski definition) is 5. The molecule has 0 radical (unpaired) electrons. The second kappa shape index (κ2) is 9.75. The average Bonchev–Trinajstić information content (AvgIpc) is 3.17. The van der Waals surface area contributed by atoms with E-state index in [4.69, 9.17) is 0 Å². The van der Waals surface area contributed by atoms with Crippen LogP contribution in [0.1, 0.15) is 25.3 Å². The maximum Gasteiger partial charge on any atom is 0.249 e. The van der Waals surface area contributed by atoms with E-state index in [1.54, 1.807) is 0 Å². The minimum atomic E-state index is -0.675. The van der Waals surface area contributed by atoms with E-state index < -0.39 is 6.04 Å². The Kier molecular flexibility index (Phi) is 6.86. The van der Waals surface area contributed by atoms with E-state index in [0.29, 0.717) is 18.0 Å². The summed E-state index contributed by atoms with van der Waals surface area (Å²) in [5, 5.41) is 15.0. The molecule has 144 valence electrons. The normalized spacial score (nSPS) is 11.6. The van der Waals surface area contributed by atoms with Gasteiger partial charge in [-0.1, -0.05) is 78.9 Å². The van der Waals surface area contributed by atoms with Crippen LogP contribution < -0.4 is 10.6 Å². The first-order valence-electron chi connectivity index (χ1n) is 9.18. The molecule has 0 fully saturated rings. The van der Waals surface area contributed by atoms with Gasteiger partial charge in [0.05, 0.1) is 0 Å². The molecule has 2 amide bonds. The molecule has 0 aliphatic heterocycles. The zero-order valence-electron chi connectivity index (χ0n) is 15.6. The molecule has 0 spiro atoms. The monoisotopic (exact) mass is 394 g/mol. The Morgan fingerprint density at radius 3 is 2.36 bits per heavy atom. The minimum absolute atomic E-state index is 0.138. The number of amides is 2. The van der Waals surface area contributed by atoms with E-state index in [1.165, 1.54) is 11.3 Å². The van der Waals surface area contributed by atoms with Gasteiger partial charge < -0.3 is 5.32 Å². The molecular weight excluding hydrogens is 372 g/mol. The van der Waals surface area contributed by atoms with E-state index in [9.17, 15) is 9.59 Å². The Morgan fingerprint density at radius 2 is 1.68 bits per heavy atom. The third-order valence-electron chi connectivity index (χ3n) is 4.09. The number of hydrogen-bond donors (Lipinski definition) is 2. The Hall–Kier alpha value is -3.06. The van der Waals surface area contributed by atoms with Gasteiger partial charge in [-0.3, -0.25) is 14.9 Å². The number of nitrogens with one attached hydrogen (secondary N) is 2. The molecule has 1 heterocycles. The zero-order valence-corrected chi connectivity index (χ0v) is 16.4. The molecule has 7 heteroatoms. The van der Waals surface area contributed by atoms with E-state index in [1.807, 2.05) is 67.6 Å². The second-order valence-corrected chi connectivity index (χ2v) is 7.30. The second-order valence-electron chi connectivity index (χ2n) is 6.33. The molecule has 3 rings (SSSR count). The van der Waals surface area contributed by atoms with Gasteiger partial charge in [-0.05, 0) is 12.0 Å². The van der Waals surface area contributed by atoms with Crippen LogP contribution >= 0.6 is 11.3 Å². The van der Waals surface area contributed by atoms with E-state index in [0.717, 1.165) is 22.6 Å². The van der Waals surface area contributed by atoms with Crippen molar-refractivity contribution < 1.29 is 9.59 Å². The van der Waals surface area contributed by atoms with Crippen molar-refractivity contribution in [3.63, 3.8) is 0 Å².